The molecule has 2 aromatic heterocycles. The van der Waals surface area contributed by atoms with E-state index in [0.717, 1.165) is 12.2 Å². The molecule has 3 atom stereocenters. The van der Waals surface area contributed by atoms with E-state index in [1.807, 2.05) is 34.7 Å². The van der Waals surface area contributed by atoms with Gasteiger partial charge in [-0.3, -0.25) is 0 Å². The van der Waals surface area contributed by atoms with Crippen LogP contribution in [-0.2, 0) is 0 Å². The molecular weight excluding hydrogens is 511 g/mol. The molecule has 0 aliphatic carbocycles. The first kappa shape index (κ1) is 17.9. The molecule has 0 saturated carbocycles. The summed E-state index contributed by atoms with van der Waals surface area (Å²) in [4.78, 5) is 2.45. The Bertz CT molecular complexity index is 794. The van der Waals surface area contributed by atoms with E-state index >= 15 is 0 Å². The van der Waals surface area contributed by atoms with Crippen LogP contribution in [0.5, 0.6) is 0 Å². The van der Waals surface area contributed by atoms with E-state index in [1.165, 1.54) is 19.3 Å². The zero-order chi connectivity index (χ0) is 17.8. The minimum atomic E-state index is -4.18. The molecule has 2 aliphatic heterocycles. The molecule has 9 heteroatoms. The first-order chi connectivity index (χ1) is 11.8. The van der Waals surface area contributed by atoms with E-state index in [2.05, 4.69) is 22.4 Å². The van der Waals surface area contributed by atoms with Crippen LogP contribution in [0.15, 0.2) is 18.2 Å². The molecule has 4 heterocycles. The maximum atomic E-state index is 12.9. The molecule has 136 valence electrons. The van der Waals surface area contributed by atoms with Gasteiger partial charge >= 0.3 is 164 Å². The Morgan fingerprint density at radius 3 is 2.76 bits per heavy atom. The van der Waals surface area contributed by atoms with Gasteiger partial charge in [0, 0.05) is 0 Å². The van der Waals surface area contributed by atoms with Crippen molar-refractivity contribution in [3.05, 3.63) is 21.9 Å². The fourth-order valence-electron chi connectivity index (χ4n) is 4.14. The number of likely N-dealkylation sites (N-methyl/N-ethyl adjacent to an activating group) is 1. The zero-order valence-corrected chi connectivity index (χ0v) is 17.4. The summed E-state index contributed by atoms with van der Waals surface area (Å²) < 4.78 is 41.1. The van der Waals surface area contributed by atoms with Crippen LogP contribution < -0.4 is 9.78 Å². The number of nitrogens with one attached hydrogen (secondary N) is 1. The van der Waals surface area contributed by atoms with Gasteiger partial charge in [-0.1, -0.05) is 0 Å². The van der Waals surface area contributed by atoms with Crippen molar-refractivity contribution < 1.29 is 13.2 Å². The van der Waals surface area contributed by atoms with Gasteiger partial charge in [-0.25, -0.2) is 0 Å². The molecule has 0 amide bonds. The van der Waals surface area contributed by atoms with Gasteiger partial charge in [0.1, 0.15) is 0 Å². The standard InChI is InChI=1S/C16H18F3IN4Se/c1-23-9-5-7-10(11(23)8-6-9)21-13-4-2-3-12-14(25-16(17,18)19)15(20)22-24(12)13/h2-4,9-11,21H,5-8H2,1H3/t9-,10-,11-/m1/s1. The number of anilines is 1. The number of hydrogen-bond acceptors (Lipinski definition) is 3. The molecule has 2 saturated heterocycles. The van der Waals surface area contributed by atoms with Crippen molar-refractivity contribution in [2.75, 3.05) is 12.4 Å². The number of aromatic nitrogens is 2. The van der Waals surface area contributed by atoms with Crippen molar-refractivity contribution in [1.29, 1.82) is 0 Å². The van der Waals surface area contributed by atoms with Crippen LogP contribution in [0.4, 0.5) is 19.0 Å². The monoisotopic (exact) mass is 530 g/mol. The van der Waals surface area contributed by atoms with Crippen LogP contribution in [0.3, 0.4) is 0 Å². The molecule has 2 bridgehead atoms. The van der Waals surface area contributed by atoms with E-state index in [1.54, 1.807) is 10.6 Å². The third-order valence-corrected chi connectivity index (χ3v) is 8.63. The Morgan fingerprint density at radius 2 is 2.00 bits per heavy atom. The topological polar surface area (TPSA) is 32.6 Å². The van der Waals surface area contributed by atoms with Crippen molar-refractivity contribution in [2.45, 2.75) is 48.9 Å². The molecule has 2 aliphatic rings. The summed E-state index contributed by atoms with van der Waals surface area (Å²) in [5, 5.41) is 3.78. The van der Waals surface area contributed by atoms with E-state index in [4.69, 9.17) is 0 Å². The van der Waals surface area contributed by atoms with Crippen molar-refractivity contribution in [3.63, 3.8) is 0 Å². The van der Waals surface area contributed by atoms with Gasteiger partial charge in [0.15, 0.2) is 0 Å². The number of alkyl halides is 3. The third kappa shape index (κ3) is 3.40. The average Bonchev–Trinajstić information content (AvgIpc) is 2.95. The van der Waals surface area contributed by atoms with Crippen LogP contribution in [0, 0.1) is 3.70 Å². The molecule has 0 aromatic carbocycles. The van der Waals surface area contributed by atoms with Gasteiger partial charge in [-0.2, -0.15) is 0 Å². The Balaban J connectivity index is 1.65. The molecular formula is C16H18F3IN4Se. The SMILES string of the molecule is CN1[C@H]2CC[C@@H]1[C@H](Nc1cccc3c([Se]C(F)(F)F)c(I)nn13)CC2. The van der Waals surface area contributed by atoms with Crippen molar-refractivity contribution in [1.82, 2.24) is 14.5 Å². The van der Waals surface area contributed by atoms with Gasteiger partial charge in [0.05, 0.1) is 0 Å². The summed E-state index contributed by atoms with van der Waals surface area (Å²) in [7, 11) is 2.18. The average molecular weight is 529 g/mol. The molecule has 2 aromatic rings. The Kier molecular flexibility index (Phi) is 4.71. The first-order valence-electron chi connectivity index (χ1n) is 8.25. The maximum absolute atomic E-state index is 12.9. The summed E-state index contributed by atoms with van der Waals surface area (Å²) in [6, 6.07) is 6.93. The second kappa shape index (κ2) is 6.58. The zero-order valence-electron chi connectivity index (χ0n) is 13.6. The summed E-state index contributed by atoms with van der Waals surface area (Å²) in [6.07, 6.45) is 4.67. The predicted octanol–water partition coefficient (Wildman–Crippen LogP) is 2.83. The van der Waals surface area contributed by atoms with Gasteiger partial charge in [0.25, 0.3) is 0 Å². The van der Waals surface area contributed by atoms with Crippen LogP contribution in [-0.4, -0.2) is 59.7 Å². The number of rotatable bonds is 3. The summed E-state index contributed by atoms with van der Waals surface area (Å²) in [6.45, 7) is 0. The van der Waals surface area contributed by atoms with Gasteiger partial charge in [-0.05, 0) is 0 Å². The minimum absolute atomic E-state index is 0.311. The Labute approximate surface area is 163 Å². The first-order valence-corrected chi connectivity index (χ1v) is 11.0. The molecule has 4 rings (SSSR count). The number of piperidine rings is 1. The van der Waals surface area contributed by atoms with E-state index in [9.17, 15) is 13.2 Å². The molecule has 4 nitrogen and oxygen atoms in total. The number of fused-ring (bicyclic) bond motifs is 3. The van der Waals surface area contributed by atoms with Gasteiger partial charge in [-0.15, -0.1) is 0 Å². The van der Waals surface area contributed by atoms with Crippen LogP contribution in [0.1, 0.15) is 25.7 Å². The van der Waals surface area contributed by atoms with Gasteiger partial charge < -0.3 is 0 Å². The molecule has 25 heavy (non-hydrogen) atoms. The molecule has 0 radical (unpaired) electrons. The molecule has 1 N–H and O–H groups in total. The van der Waals surface area contributed by atoms with E-state index in [0.29, 0.717) is 31.8 Å². The van der Waals surface area contributed by atoms with Gasteiger partial charge in [0.2, 0.25) is 0 Å². The number of nitrogens with zero attached hydrogens (tertiary/aromatic N) is 3. The molecule has 0 unspecified atom stereocenters. The summed E-state index contributed by atoms with van der Waals surface area (Å²) in [5.74, 6) is 0.781. The van der Waals surface area contributed by atoms with E-state index in [-0.39, 0.29) is 0 Å². The molecule has 2 fully saturated rings. The van der Waals surface area contributed by atoms with Crippen LogP contribution in [0.25, 0.3) is 5.52 Å². The number of hydrogen-bond donors (Lipinski definition) is 1. The second-order valence-electron chi connectivity index (χ2n) is 6.67. The summed E-state index contributed by atoms with van der Waals surface area (Å²) >= 11 is 0.320. The van der Waals surface area contributed by atoms with Crippen molar-refractivity contribution >= 4 is 53.3 Å². The molecule has 0 spiro atoms. The van der Waals surface area contributed by atoms with Crippen LogP contribution in [0.2, 0.25) is 0 Å². The summed E-state index contributed by atoms with van der Waals surface area (Å²) in [5.41, 5.74) is 0.556. The fraction of sp³-hybridized carbons (Fsp3) is 0.562. The second-order valence-corrected chi connectivity index (χ2v) is 9.95. The predicted molar refractivity (Wildman–Crippen MR) is 101 cm³/mol. The normalized spacial score (nSPS) is 27.2. The van der Waals surface area contributed by atoms with E-state index < -0.39 is 20.0 Å². The fourth-order valence-corrected chi connectivity index (χ4v) is 6.49. The van der Waals surface area contributed by atoms with Crippen molar-refractivity contribution in [2.24, 2.45) is 0 Å². The Morgan fingerprint density at radius 1 is 1.24 bits per heavy atom. The third-order valence-electron chi connectivity index (χ3n) is 5.29. The van der Waals surface area contributed by atoms with Crippen molar-refractivity contribution in [3.8, 4) is 0 Å². The number of halogens is 4. The quantitative estimate of drug-likeness (QED) is 0.491. The Hall–Kier alpha value is -0.511. The number of pyridine rings is 1. The van der Waals surface area contributed by atoms with Crippen LogP contribution >= 0.6 is 22.6 Å².